The number of hydrogen-bond donors (Lipinski definition) is 1. The van der Waals surface area contributed by atoms with Gasteiger partial charge in [-0.3, -0.25) is 4.99 Å². The van der Waals surface area contributed by atoms with Gasteiger partial charge in [-0.1, -0.05) is 25.4 Å². The highest BCUT2D eigenvalue weighted by atomic mass is 35.5. The average Bonchev–Trinajstić information content (AvgIpc) is 2.00. The van der Waals surface area contributed by atoms with Crippen LogP contribution >= 0.6 is 11.6 Å². The van der Waals surface area contributed by atoms with Crippen molar-refractivity contribution in [3.8, 4) is 0 Å². The molecule has 0 spiro atoms. The van der Waals surface area contributed by atoms with Crippen LogP contribution in [-0.4, -0.2) is 11.8 Å². The zero-order chi connectivity index (χ0) is 9.35. The normalized spacial score (nSPS) is 29.5. The summed E-state index contributed by atoms with van der Waals surface area (Å²) in [7, 11) is 0. The molecule has 0 amide bonds. The molecule has 0 bridgehead atoms. The molecule has 0 aromatic heterocycles. The van der Waals surface area contributed by atoms with E-state index in [4.69, 9.17) is 11.6 Å². The number of nitrogens with zero attached hydrogens (tertiary/aromatic N) is 1. The second kappa shape index (κ2) is 3.09. The highest BCUT2D eigenvalue weighted by Gasteiger charge is 2.42. The molecule has 0 aromatic carbocycles. The SMILES string of the molecule is C/C=N\C1=C(Cl)NC1(C)C(C)C. The van der Waals surface area contributed by atoms with Crippen molar-refractivity contribution < 1.29 is 0 Å². The van der Waals surface area contributed by atoms with Crippen molar-refractivity contribution in [1.82, 2.24) is 5.32 Å². The molecule has 1 rings (SSSR count). The first-order valence-corrected chi connectivity index (χ1v) is 4.57. The summed E-state index contributed by atoms with van der Waals surface area (Å²) < 4.78 is 0. The number of hydrogen-bond acceptors (Lipinski definition) is 2. The minimum absolute atomic E-state index is 0.0381. The fourth-order valence-electron chi connectivity index (χ4n) is 1.25. The monoisotopic (exact) mass is 186 g/mol. The van der Waals surface area contributed by atoms with Crippen molar-refractivity contribution in [1.29, 1.82) is 0 Å². The lowest BCUT2D eigenvalue weighted by molar-refractivity contribution is 0.297. The predicted molar refractivity (Wildman–Crippen MR) is 53.4 cm³/mol. The van der Waals surface area contributed by atoms with Gasteiger partial charge in [0.2, 0.25) is 0 Å². The van der Waals surface area contributed by atoms with Gasteiger partial charge in [0.1, 0.15) is 10.9 Å². The Morgan fingerprint density at radius 3 is 2.50 bits per heavy atom. The molecule has 12 heavy (non-hydrogen) atoms. The zero-order valence-corrected chi connectivity index (χ0v) is 8.74. The second-order valence-corrected chi connectivity index (χ2v) is 3.91. The summed E-state index contributed by atoms with van der Waals surface area (Å²) in [5.41, 5.74) is 0.936. The third-order valence-corrected chi connectivity index (χ3v) is 2.76. The highest BCUT2D eigenvalue weighted by Crippen LogP contribution is 2.38. The number of halogens is 1. The van der Waals surface area contributed by atoms with E-state index in [1.807, 2.05) is 6.92 Å². The predicted octanol–water partition coefficient (Wildman–Crippen LogP) is 2.50. The standard InChI is InChI=1S/C9H15ClN2/c1-5-11-7-8(10)12-9(7,4)6(2)3/h5-6,12H,1-4H3/b11-5-. The fourth-order valence-corrected chi connectivity index (χ4v) is 1.69. The minimum Gasteiger partial charge on any atom is -0.363 e. The smallest absolute Gasteiger partial charge is 0.127 e. The molecule has 0 saturated heterocycles. The van der Waals surface area contributed by atoms with Crippen LogP contribution in [0.5, 0.6) is 0 Å². The molecule has 1 N–H and O–H groups in total. The summed E-state index contributed by atoms with van der Waals surface area (Å²) in [6, 6.07) is 0. The van der Waals surface area contributed by atoms with Crippen LogP contribution in [0.15, 0.2) is 15.8 Å². The van der Waals surface area contributed by atoms with Crippen LogP contribution in [0.3, 0.4) is 0 Å². The first kappa shape index (κ1) is 9.59. The van der Waals surface area contributed by atoms with E-state index in [0.29, 0.717) is 11.1 Å². The second-order valence-electron chi connectivity index (χ2n) is 3.53. The third kappa shape index (κ3) is 1.24. The zero-order valence-electron chi connectivity index (χ0n) is 7.98. The highest BCUT2D eigenvalue weighted by molar-refractivity contribution is 6.30. The Hall–Kier alpha value is -0.500. The molecule has 0 aliphatic carbocycles. The quantitative estimate of drug-likeness (QED) is 0.520. The van der Waals surface area contributed by atoms with Gasteiger partial charge in [0.25, 0.3) is 0 Å². The molecule has 0 fully saturated rings. The molecule has 3 heteroatoms. The summed E-state index contributed by atoms with van der Waals surface area (Å²) in [5, 5.41) is 3.87. The van der Waals surface area contributed by atoms with Gasteiger partial charge in [-0.05, 0) is 19.8 Å². The summed E-state index contributed by atoms with van der Waals surface area (Å²) in [6.07, 6.45) is 1.78. The molecule has 0 radical (unpaired) electrons. The topological polar surface area (TPSA) is 24.4 Å². The maximum Gasteiger partial charge on any atom is 0.127 e. The lowest BCUT2D eigenvalue weighted by Gasteiger charge is -2.44. The fraction of sp³-hybridized carbons (Fsp3) is 0.667. The van der Waals surface area contributed by atoms with Crippen LogP contribution in [0.25, 0.3) is 0 Å². The summed E-state index contributed by atoms with van der Waals surface area (Å²) in [6.45, 7) is 8.32. The molecule has 1 aliphatic heterocycles. The summed E-state index contributed by atoms with van der Waals surface area (Å²) in [5.74, 6) is 0.499. The molecule has 1 heterocycles. The van der Waals surface area contributed by atoms with Crippen LogP contribution in [0, 0.1) is 5.92 Å². The maximum absolute atomic E-state index is 5.88. The molecule has 1 unspecified atom stereocenters. The van der Waals surface area contributed by atoms with Crippen molar-refractivity contribution in [3.63, 3.8) is 0 Å². The van der Waals surface area contributed by atoms with E-state index in [9.17, 15) is 0 Å². The van der Waals surface area contributed by atoms with Crippen molar-refractivity contribution in [2.24, 2.45) is 10.9 Å². The Balaban J connectivity index is 2.90. The van der Waals surface area contributed by atoms with E-state index in [-0.39, 0.29) is 5.54 Å². The van der Waals surface area contributed by atoms with E-state index in [1.165, 1.54) is 0 Å². The number of aliphatic imine (C=N–C) groups is 1. The Bertz CT molecular complexity index is 243. The lowest BCUT2D eigenvalue weighted by atomic mass is 9.81. The number of nitrogens with one attached hydrogen (secondary N) is 1. The van der Waals surface area contributed by atoms with Gasteiger partial charge in [-0.2, -0.15) is 0 Å². The van der Waals surface area contributed by atoms with Gasteiger partial charge in [-0.25, -0.2) is 0 Å². The summed E-state index contributed by atoms with van der Waals surface area (Å²) in [4.78, 5) is 4.25. The lowest BCUT2D eigenvalue weighted by Crippen LogP contribution is -2.55. The van der Waals surface area contributed by atoms with Crippen LogP contribution in [0.2, 0.25) is 0 Å². The van der Waals surface area contributed by atoms with Gasteiger partial charge < -0.3 is 5.32 Å². The van der Waals surface area contributed by atoms with Crippen LogP contribution in [0.4, 0.5) is 0 Å². The first-order valence-electron chi connectivity index (χ1n) is 4.19. The molecule has 1 atom stereocenters. The van der Waals surface area contributed by atoms with Crippen LogP contribution in [0.1, 0.15) is 27.7 Å². The third-order valence-electron chi connectivity index (χ3n) is 2.48. The molecule has 2 nitrogen and oxygen atoms in total. The summed E-state index contributed by atoms with van der Waals surface area (Å²) >= 11 is 5.88. The van der Waals surface area contributed by atoms with Crippen LogP contribution < -0.4 is 5.32 Å². The van der Waals surface area contributed by atoms with Crippen molar-refractivity contribution in [2.45, 2.75) is 33.2 Å². The molecular weight excluding hydrogens is 172 g/mol. The van der Waals surface area contributed by atoms with E-state index in [2.05, 4.69) is 31.1 Å². The largest absolute Gasteiger partial charge is 0.363 e. The van der Waals surface area contributed by atoms with E-state index in [1.54, 1.807) is 6.21 Å². The van der Waals surface area contributed by atoms with Gasteiger partial charge in [0, 0.05) is 6.21 Å². The van der Waals surface area contributed by atoms with Crippen molar-refractivity contribution >= 4 is 17.8 Å². The van der Waals surface area contributed by atoms with Gasteiger partial charge in [-0.15, -0.1) is 0 Å². The van der Waals surface area contributed by atoms with Crippen LogP contribution in [-0.2, 0) is 0 Å². The molecular formula is C9H15ClN2. The molecule has 0 aromatic rings. The Labute approximate surface area is 78.7 Å². The number of rotatable bonds is 2. The maximum atomic E-state index is 5.88. The average molecular weight is 187 g/mol. The van der Waals surface area contributed by atoms with E-state index in [0.717, 1.165) is 5.70 Å². The Morgan fingerprint density at radius 1 is 1.58 bits per heavy atom. The van der Waals surface area contributed by atoms with E-state index >= 15 is 0 Å². The van der Waals surface area contributed by atoms with E-state index < -0.39 is 0 Å². The molecule has 1 aliphatic rings. The first-order chi connectivity index (χ1) is 5.52. The van der Waals surface area contributed by atoms with Crippen molar-refractivity contribution in [2.75, 3.05) is 0 Å². The van der Waals surface area contributed by atoms with Gasteiger partial charge >= 0.3 is 0 Å². The Kier molecular flexibility index (Phi) is 2.47. The molecule has 68 valence electrons. The van der Waals surface area contributed by atoms with Crippen molar-refractivity contribution in [3.05, 3.63) is 10.9 Å². The Morgan fingerprint density at radius 2 is 2.17 bits per heavy atom. The van der Waals surface area contributed by atoms with Gasteiger partial charge in [0.15, 0.2) is 0 Å². The molecule has 0 saturated carbocycles. The van der Waals surface area contributed by atoms with Gasteiger partial charge in [0.05, 0.1) is 5.54 Å². The minimum atomic E-state index is -0.0381.